The number of allylic oxidation sites excluding steroid dienone is 2. The summed E-state index contributed by atoms with van der Waals surface area (Å²) in [4.78, 5) is 37.4. The number of methoxy groups -OCH3 is 1. The zero-order chi connectivity index (χ0) is 22.6. The van der Waals surface area contributed by atoms with Gasteiger partial charge in [0.05, 0.1) is 19.6 Å². The van der Waals surface area contributed by atoms with Crippen LogP contribution < -0.4 is 5.32 Å². The maximum atomic E-state index is 12.7. The van der Waals surface area contributed by atoms with Crippen LogP contribution in [-0.4, -0.2) is 45.9 Å². The van der Waals surface area contributed by atoms with Gasteiger partial charge in [0.25, 0.3) is 0 Å². The summed E-state index contributed by atoms with van der Waals surface area (Å²) in [6.07, 6.45) is 2.93. The first kappa shape index (κ1) is 25.4. The van der Waals surface area contributed by atoms with Crippen molar-refractivity contribution in [2.75, 3.05) is 13.7 Å². The van der Waals surface area contributed by atoms with E-state index < -0.39 is 38.1 Å². The molecule has 0 aliphatic carbocycles. The van der Waals surface area contributed by atoms with E-state index >= 15 is 0 Å². The number of amides is 1. The topological polar surface area (TPSA) is 90.9 Å². The van der Waals surface area contributed by atoms with Gasteiger partial charge in [-0.05, 0) is 25.0 Å². The minimum atomic E-state index is -1.38. The zero-order valence-corrected chi connectivity index (χ0v) is 19.5. The third-order valence-electron chi connectivity index (χ3n) is 4.37. The van der Waals surface area contributed by atoms with Gasteiger partial charge >= 0.3 is 18.0 Å². The molecule has 0 bridgehead atoms. The fourth-order valence-electron chi connectivity index (χ4n) is 2.56. The summed E-state index contributed by atoms with van der Waals surface area (Å²) in [5.41, 5.74) is 0.804. The Morgan fingerprint density at radius 2 is 1.73 bits per heavy atom. The van der Waals surface area contributed by atoms with Gasteiger partial charge in [-0.1, -0.05) is 62.1 Å². The van der Waals surface area contributed by atoms with Gasteiger partial charge in [0.2, 0.25) is 0 Å². The number of benzene rings is 1. The fourth-order valence-corrected chi connectivity index (χ4v) is 3.27. The molecule has 8 heteroatoms. The summed E-state index contributed by atoms with van der Waals surface area (Å²) in [6.45, 7) is 8.68. The van der Waals surface area contributed by atoms with Gasteiger partial charge in [0.15, 0.2) is 0 Å². The van der Waals surface area contributed by atoms with Crippen molar-refractivity contribution in [1.29, 1.82) is 0 Å². The van der Waals surface area contributed by atoms with E-state index in [-0.39, 0.29) is 19.6 Å². The van der Waals surface area contributed by atoms with Crippen molar-refractivity contribution < 1.29 is 28.6 Å². The number of ether oxygens (including phenoxy) is 3. The molecule has 1 aromatic rings. The highest BCUT2D eigenvalue weighted by Gasteiger charge is 2.37. The molecule has 0 spiro atoms. The molecule has 1 aromatic carbocycles. The Balaban J connectivity index is 2.84. The Bertz CT molecular complexity index is 714. The average Bonchev–Trinajstić information content (AvgIpc) is 2.70. The van der Waals surface area contributed by atoms with E-state index in [0.717, 1.165) is 11.6 Å². The molecule has 0 saturated heterocycles. The molecular weight excluding hydrogens is 402 g/mol. The summed E-state index contributed by atoms with van der Waals surface area (Å²) in [5, 5.41) is 2.47. The van der Waals surface area contributed by atoms with Gasteiger partial charge in [-0.15, -0.1) is 0 Å². The zero-order valence-electron chi connectivity index (χ0n) is 18.5. The van der Waals surface area contributed by atoms with Gasteiger partial charge in [0.1, 0.15) is 12.6 Å². The second kappa shape index (κ2) is 12.8. The summed E-state index contributed by atoms with van der Waals surface area (Å²) in [6, 6.07) is 8.75. The van der Waals surface area contributed by atoms with Gasteiger partial charge < -0.3 is 19.5 Å². The molecule has 0 fully saturated rings. The number of carbonyl (C=O) groups is 3. The van der Waals surface area contributed by atoms with Crippen LogP contribution in [0.4, 0.5) is 4.79 Å². The molecule has 0 unspecified atom stereocenters. The second-order valence-corrected chi connectivity index (χ2v) is 13.7. The number of hydrogen-bond donors (Lipinski definition) is 1. The first-order valence-electron chi connectivity index (χ1n) is 10.0. The normalized spacial score (nSPS) is 13.4. The molecule has 0 heterocycles. The van der Waals surface area contributed by atoms with E-state index in [1.165, 1.54) is 7.11 Å². The van der Waals surface area contributed by atoms with Crippen LogP contribution in [0.15, 0.2) is 42.5 Å². The Labute approximate surface area is 179 Å². The lowest BCUT2D eigenvalue weighted by atomic mass is 9.95. The Morgan fingerprint density at radius 1 is 1.07 bits per heavy atom. The van der Waals surface area contributed by atoms with Crippen molar-refractivity contribution >= 4 is 26.1 Å². The minimum Gasteiger partial charge on any atom is -0.467 e. The highest BCUT2D eigenvalue weighted by molar-refractivity contribution is 6.76. The molecule has 0 saturated carbocycles. The van der Waals surface area contributed by atoms with Crippen LogP contribution in [0.1, 0.15) is 18.9 Å². The van der Waals surface area contributed by atoms with E-state index in [0.29, 0.717) is 0 Å². The first-order chi connectivity index (χ1) is 14.2. The van der Waals surface area contributed by atoms with Crippen LogP contribution in [-0.2, 0) is 30.4 Å². The molecule has 1 N–H and O–H groups in total. The number of nitrogens with one attached hydrogen (secondary N) is 1. The predicted octanol–water partition coefficient (Wildman–Crippen LogP) is 3.92. The highest BCUT2D eigenvalue weighted by atomic mass is 28.3. The van der Waals surface area contributed by atoms with E-state index in [2.05, 4.69) is 25.0 Å². The number of esters is 2. The van der Waals surface area contributed by atoms with Crippen molar-refractivity contribution in [2.45, 2.75) is 51.7 Å². The fraction of sp³-hybridized carbons (Fsp3) is 0.500. The molecule has 1 amide bonds. The second-order valence-electron chi connectivity index (χ2n) is 8.10. The molecule has 2 atom stereocenters. The highest BCUT2D eigenvalue weighted by Crippen LogP contribution is 2.17. The Kier molecular flexibility index (Phi) is 10.9. The van der Waals surface area contributed by atoms with Crippen molar-refractivity contribution in [3.8, 4) is 0 Å². The first-order valence-corrected chi connectivity index (χ1v) is 13.7. The monoisotopic (exact) mass is 435 g/mol. The molecular formula is C22H33NO6Si. The third kappa shape index (κ3) is 9.73. The lowest BCUT2D eigenvalue weighted by Crippen LogP contribution is -2.49. The van der Waals surface area contributed by atoms with Gasteiger partial charge in [0, 0.05) is 8.07 Å². The smallest absolute Gasteiger partial charge is 0.408 e. The molecule has 0 aliphatic heterocycles. The van der Waals surface area contributed by atoms with Crippen LogP contribution in [0.3, 0.4) is 0 Å². The molecule has 1 rings (SSSR count). The third-order valence-corrected chi connectivity index (χ3v) is 6.07. The Hall–Kier alpha value is -2.61. The molecule has 0 radical (unpaired) electrons. The van der Waals surface area contributed by atoms with Crippen LogP contribution in [0, 0.1) is 5.92 Å². The van der Waals surface area contributed by atoms with Crippen molar-refractivity contribution in [2.24, 2.45) is 5.92 Å². The van der Waals surface area contributed by atoms with Crippen molar-refractivity contribution in [3.05, 3.63) is 48.0 Å². The largest absolute Gasteiger partial charge is 0.467 e. The van der Waals surface area contributed by atoms with Crippen molar-refractivity contribution in [3.63, 3.8) is 0 Å². The van der Waals surface area contributed by atoms with E-state index in [1.807, 2.05) is 37.3 Å². The van der Waals surface area contributed by atoms with Gasteiger partial charge in [-0.25, -0.2) is 9.59 Å². The molecule has 0 aromatic heterocycles. The van der Waals surface area contributed by atoms with E-state index in [4.69, 9.17) is 14.2 Å². The maximum Gasteiger partial charge on any atom is 0.408 e. The number of carbonyl (C=O) groups excluding carboxylic acids is 3. The Morgan fingerprint density at radius 3 is 2.30 bits per heavy atom. The van der Waals surface area contributed by atoms with Crippen LogP contribution in [0.25, 0.3) is 0 Å². The lowest BCUT2D eigenvalue weighted by Gasteiger charge is -2.24. The summed E-state index contributed by atoms with van der Waals surface area (Å²) >= 11 is 0. The summed E-state index contributed by atoms with van der Waals surface area (Å²) < 4.78 is 15.4. The SMILES string of the molecule is C/C=C/C[C@@H](C(=O)OCC[Si](C)(C)C)[C@H](NC(=O)OCc1ccccc1)C(=O)OC. The molecule has 0 aliphatic rings. The van der Waals surface area contributed by atoms with E-state index in [9.17, 15) is 14.4 Å². The standard InChI is InChI=1S/C22H33NO6Si/c1-6-7-13-18(20(24)28-14-15-30(3,4)5)19(21(25)27-2)23-22(26)29-16-17-11-9-8-10-12-17/h6-12,18-19H,13-16H2,1-5H3,(H,23,26)/b7-6+/t18-,19+/m1/s1. The minimum absolute atomic E-state index is 0.0424. The maximum absolute atomic E-state index is 12.7. The summed E-state index contributed by atoms with van der Waals surface area (Å²) in [7, 11) is -0.178. The van der Waals surface area contributed by atoms with Gasteiger partial charge in [-0.2, -0.15) is 0 Å². The van der Waals surface area contributed by atoms with Gasteiger partial charge in [-0.3, -0.25) is 4.79 Å². The van der Waals surface area contributed by atoms with Crippen LogP contribution in [0.5, 0.6) is 0 Å². The average molecular weight is 436 g/mol. The number of hydrogen-bond acceptors (Lipinski definition) is 6. The summed E-state index contributed by atoms with van der Waals surface area (Å²) in [5.74, 6) is -2.20. The predicted molar refractivity (Wildman–Crippen MR) is 118 cm³/mol. The molecule has 7 nitrogen and oxygen atoms in total. The van der Waals surface area contributed by atoms with Crippen molar-refractivity contribution in [1.82, 2.24) is 5.32 Å². The van der Waals surface area contributed by atoms with Crippen LogP contribution in [0.2, 0.25) is 25.7 Å². The molecule has 30 heavy (non-hydrogen) atoms. The van der Waals surface area contributed by atoms with Crippen LogP contribution >= 0.6 is 0 Å². The lowest BCUT2D eigenvalue weighted by molar-refractivity contribution is -0.156. The number of rotatable bonds is 11. The number of alkyl carbamates (subject to hydrolysis) is 1. The molecule has 166 valence electrons. The quantitative estimate of drug-likeness (QED) is 0.245. The van der Waals surface area contributed by atoms with E-state index in [1.54, 1.807) is 12.2 Å².